The molecule has 0 aromatic carbocycles. The van der Waals surface area contributed by atoms with E-state index in [1.54, 1.807) is 0 Å². The molecule has 5 heteroatoms. The lowest BCUT2D eigenvalue weighted by Crippen LogP contribution is -2.16. The molecule has 0 rings (SSSR count). The van der Waals surface area contributed by atoms with Crippen LogP contribution in [0.4, 0.5) is 0 Å². The summed E-state index contributed by atoms with van der Waals surface area (Å²) in [7, 11) is -3.69. The van der Waals surface area contributed by atoms with Crippen LogP contribution in [0.5, 0.6) is 0 Å². The van der Waals surface area contributed by atoms with E-state index < -0.39 is 10.1 Å². The SMILES string of the molecule is CC(C)C[C](CC(C)C)/C(CC(C)C)=C(\[SiH3])S(=O)(=O)O. The Balaban J connectivity index is 5.64. The molecule has 0 saturated heterocycles. The van der Waals surface area contributed by atoms with E-state index in [1.165, 1.54) is 5.92 Å². The average molecular weight is 320 g/mol. The van der Waals surface area contributed by atoms with Crippen molar-refractivity contribution in [2.45, 2.75) is 60.8 Å². The van der Waals surface area contributed by atoms with E-state index in [9.17, 15) is 13.0 Å². The number of hydrogen-bond donors (Lipinski definition) is 1. The van der Waals surface area contributed by atoms with Crippen molar-refractivity contribution in [2.24, 2.45) is 17.8 Å². The molecule has 0 aromatic heterocycles. The lowest BCUT2D eigenvalue weighted by Gasteiger charge is -2.26. The van der Waals surface area contributed by atoms with Gasteiger partial charge in [-0.3, -0.25) is 4.55 Å². The van der Waals surface area contributed by atoms with Crippen molar-refractivity contribution in [1.29, 1.82) is 0 Å². The largest absolute Gasteiger partial charge is 0.285 e. The molecule has 0 amide bonds. The highest BCUT2D eigenvalue weighted by Gasteiger charge is 2.24. The molecule has 0 aliphatic heterocycles. The summed E-state index contributed by atoms with van der Waals surface area (Å²) in [6.07, 6.45) is 2.54. The van der Waals surface area contributed by atoms with Gasteiger partial charge in [0.05, 0.1) is 10.2 Å². The first-order chi connectivity index (χ1) is 8.95. The predicted molar refractivity (Wildman–Crippen MR) is 90.1 cm³/mol. The first-order valence-electron chi connectivity index (χ1n) is 7.47. The Bertz CT molecular complexity index is 412. The topological polar surface area (TPSA) is 54.4 Å². The summed E-state index contributed by atoms with van der Waals surface area (Å²) >= 11 is 0. The summed E-state index contributed by atoms with van der Waals surface area (Å²) in [6, 6.07) is 0. The van der Waals surface area contributed by atoms with E-state index >= 15 is 0 Å². The van der Waals surface area contributed by atoms with Gasteiger partial charge in [0, 0.05) is 10.4 Å². The van der Waals surface area contributed by atoms with Crippen LogP contribution >= 0.6 is 0 Å². The highest BCUT2D eigenvalue weighted by atomic mass is 32.2. The van der Waals surface area contributed by atoms with Crippen LogP contribution in [0, 0.1) is 23.7 Å². The van der Waals surface area contributed by atoms with Crippen molar-refractivity contribution < 1.29 is 13.0 Å². The monoisotopic (exact) mass is 319 g/mol. The normalized spacial score (nSPS) is 14.8. The van der Waals surface area contributed by atoms with Gasteiger partial charge in [0.25, 0.3) is 10.1 Å². The van der Waals surface area contributed by atoms with Crippen LogP contribution in [0.2, 0.25) is 0 Å². The minimum absolute atomic E-state index is 0.266. The van der Waals surface area contributed by atoms with Crippen molar-refractivity contribution in [3.8, 4) is 0 Å². The van der Waals surface area contributed by atoms with Crippen molar-refractivity contribution in [3.05, 3.63) is 16.0 Å². The van der Waals surface area contributed by atoms with Gasteiger partial charge in [0.15, 0.2) is 0 Å². The maximum Gasteiger partial charge on any atom is 0.285 e. The highest BCUT2D eigenvalue weighted by molar-refractivity contribution is 7.91. The second kappa shape index (κ2) is 8.34. The van der Waals surface area contributed by atoms with Gasteiger partial charge in [-0.15, -0.1) is 0 Å². The Hall–Kier alpha value is -0.133. The lowest BCUT2D eigenvalue weighted by atomic mass is 9.81. The molecule has 0 unspecified atom stereocenters. The van der Waals surface area contributed by atoms with Gasteiger partial charge in [-0.1, -0.05) is 47.1 Å². The van der Waals surface area contributed by atoms with Crippen molar-refractivity contribution in [3.63, 3.8) is 0 Å². The zero-order chi connectivity index (χ0) is 16.1. The minimum atomic E-state index is -4.04. The molecule has 3 nitrogen and oxygen atoms in total. The standard InChI is InChI=1S/C15H31O3SSi/c1-10(2)7-13(8-11(3)4)14(9-12(5)6)15(20)19(16,17)18/h10-12H,7-9H2,1-6,20H3,(H,16,17,18)/b15-14-. The fraction of sp³-hybridized carbons (Fsp3) is 0.800. The second-order valence-corrected chi connectivity index (χ2v) is 10.2. The van der Waals surface area contributed by atoms with Crippen LogP contribution < -0.4 is 0 Å². The quantitative estimate of drug-likeness (QED) is 0.552. The molecule has 0 heterocycles. The van der Waals surface area contributed by atoms with E-state index in [0.717, 1.165) is 24.8 Å². The molecule has 0 aliphatic rings. The average Bonchev–Trinajstić information content (AvgIpc) is 2.21. The summed E-state index contributed by atoms with van der Waals surface area (Å²) < 4.78 is 32.8. The Labute approximate surface area is 128 Å². The Kier molecular flexibility index (Phi) is 8.29. The molecule has 0 saturated carbocycles. The van der Waals surface area contributed by atoms with Gasteiger partial charge in [-0.2, -0.15) is 8.42 Å². The number of allylic oxidation sites excluding steroid dienone is 1. The van der Waals surface area contributed by atoms with Crippen molar-refractivity contribution >= 4 is 20.4 Å². The lowest BCUT2D eigenvalue weighted by molar-refractivity contribution is 0.487. The first kappa shape index (κ1) is 19.9. The Morgan fingerprint density at radius 3 is 1.50 bits per heavy atom. The third-order valence-corrected chi connectivity index (χ3v) is 6.33. The summed E-state index contributed by atoms with van der Waals surface area (Å²) in [6.45, 7) is 12.8. The van der Waals surface area contributed by atoms with Crippen LogP contribution in [-0.4, -0.2) is 23.2 Å². The van der Waals surface area contributed by atoms with E-state index in [1.807, 2.05) is 0 Å². The van der Waals surface area contributed by atoms with Gasteiger partial charge < -0.3 is 0 Å². The van der Waals surface area contributed by atoms with Gasteiger partial charge in [-0.25, -0.2) is 0 Å². The molecule has 0 spiro atoms. The fourth-order valence-electron chi connectivity index (χ4n) is 2.42. The molecule has 1 N–H and O–H groups in total. The third kappa shape index (κ3) is 7.60. The Morgan fingerprint density at radius 2 is 1.25 bits per heavy atom. The molecule has 20 heavy (non-hydrogen) atoms. The first-order valence-corrected chi connectivity index (χ1v) is 9.91. The van der Waals surface area contributed by atoms with Crippen LogP contribution in [0.25, 0.3) is 0 Å². The molecule has 0 bridgehead atoms. The number of rotatable bonds is 8. The maximum absolute atomic E-state index is 11.5. The van der Waals surface area contributed by atoms with E-state index in [2.05, 4.69) is 41.5 Å². The van der Waals surface area contributed by atoms with Crippen LogP contribution in [-0.2, 0) is 10.1 Å². The van der Waals surface area contributed by atoms with Crippen molar-refractivity contribution in [2.75, 3.05) is 0 Å². The van der Waals surface area contributed by atoms with Crippen LogP contribution in [0.1, 0.15) is 60.8 Å². The van der Waals surface area contributed by atoms with Gasteiger partial charge in [0.2, 0.25) is 0 Å². The predicted octanol–water partition coefficient (Wildman–Crippen LogP) is 3.16. The molecular weight excluding hydrogens is 288 g/mol. The smallest absolute Gasteiger partial charge is 0.282 e. The molecule has 0 fully saturated rings. The summed E-state index contributed by atoms with van der Waals surface area (Å²) in [5, 5.41) is 0. The molecule has 1 radical (unpaired) electrons. The maximum atomic E-state index is 11.5. The van der Waals surface area contributed by atoms with Crippen molar-refractivity contribution in [1.82, 2.24) is 0 Å². The molecule has 0 aromatic rings. The molecular formula is C15H31O3SSi. The van der Waals surface area contributed by atoms with E-state index in [0.29, 0.717) is 28.0 Å². The van der Waals surface area contributed by atoms with Gasteiger partial charge in [-0.05, 0) is 37.0 Å². The third-order valence-electron chi connectivity index (χ3n) is 3.16. The summed E-state index contributed by atoms with van der Waals surface area (Å²) in [4.78, 5) is 0. The van der Waals surface area contributed by atoms with E-state index in [4.69, 9.17) is 0 Å². The minimum Gasteiger partial charge on any atom is -0.282 e. The molecule has 0 aliphatic carbocycles. The fourth-order valence-corrected chi connectivity index (χ4v) is 3.51. The zero-order valence-corrected chi connectivity index (χ0v) is 16.8. The van der Waals surface area contributed by atoms with E-state index in [-0.39, 0.29) is 4.53 Å². The Morgan fingerprint density at radius 1 is 0.900 bits per heavy atom. The summed E-state index contributed by atoms with van der Waals surface area (Å²) in [5.41, 5.74) is 0.900. The molecule has 0 atom stereocenters. The van der Waals surface area contributed by atoms with Crippen LogP contribution in [0.3, 0.4) is 0 Å². The molecule has 119 valence electrons. The second-order valence-electron chi connectivity index (χ2n) is 6.91. The highest BCUT2D eigenvalue weighted by Crippen LogP contribution is 2.35. The zero-order valence-electron chi connectivity index (χ0n) is 14.0. The van der Waals surface area contributed by atoms with Gasteiger partial charge in [0.1, 0.15) is 0 Å². The van der Waals surface area contributed by atoms with Crippen LogP contribution in [0.15, 0.2) is 10.1 Å². The summed E-state index contributed by atoms with van der Waals surface area (Å²) in [5.74, 6) is 2.57. The van der Waals surface area contributed by atoms with Gasteiger partial charge >= 0.3 is 0 Å². The number of hydrogen-bond acceptors (Lipinski definition) is 2.